The molecule has 2 aliphatic heterocycles. The third-order valence-corrected chi connectivity index (χ3v) is 5.47. The van der Waals surface area contributed by atoms with Crippen LogP contribution in [0.4, 0.5) is 14.9 Å². The number of nitrogens with one attached hydrogen (secondary N) is 1. The summed E-state index contributed by atoms with van der Waals surface area (Å²) in [5, 5.41) is 8.75. The summed E-state index contributed by atoms with van der Waals surface area (Å²) in [6, 6.07) is 11.4. The predicted molar refractivity (Wildman–Crippen MR) is 114 cm³/mol. The Morgan fingerprint density at radius 3 is 2.40 bits per heavy atom. The van der Waals surface area contributed by atoms with Crippen molar-refractivity contribution < 1.29 is 18.7 Å². The van der Waals surface area contributed by atoms with Gasteiger partial charge in [0.1, 0.15) is 6.17 Å². The molecule has 2 aromatic carbocycles. The Labute approximate surface area is 175 Å². The van der Waals surface area contributed by atoms with Gasteiger partial charge < -0.3 is 19.7 Å². The Morgan fingerprint density at radius 2 is 1.80 bits per heavy atom. The maximum absolute atomic E-state index is 13.2. The van der Waals surface area contributed by atoms with E-state index in [1.165, 1.54) is 5.01 Å². The van der Waals surface area contributed by atoms with E-state index < -0.39 is 6.17 Å². The second-order valence-corrected chi connectivity index (χ2v) is 7.29. The van der Waals surface area contributed by atoms with Gasteiger partial charge in [0.2, 0.25) is 0 Å². The fourth-order valence-corrected chi connectivity index (χ4v) is 3.75. The largest absolute Gasteiger partial charge is 0.493 e. The Balaban J connectivity index is 1.77. The molecule has 158 valence electrons. The molecule has 0 unspecified atom stereocenters. The number of urea groups is 1. The number of ether oxygens (including phenoxy) is 2. The molecule has 1 fully saturated rings. The van der Waals surface area contributed by atoms with Crippen molar-refractivity contribution in [2.45, 2.75) is 12.6 Å². The van der Waals surface area contributed by atoms with Crippen LogP contribution in [0.3, 0.4) is 0 Å². The Kier molecular flexibility index (Phi) is 5.48. The van der Waals surface area contributed by atoms with Gasteiger partial charge in [-0.15, -0.1) is 0 Å². The number of carbonyl (C=O) groups is 1. The van der Waals surface area contributed by atoms with Crippen LogP contribution >= 0.6 is 0 Å². The Hall–Kier alpha value is -3.29. The van der Waals surface area contributed by atoms with Crippen LogP contribution in [-0.2, 0) is 6.42 Å². The first-order valence-corrected chi connectivity index (χ1v) is 9.86. The van der Waals surface area contributed by atoms with E-state index in [0.29, 0.717) is 43.3 Å². The van der Waals surface area contributed by atoms with Crippen LogP contribution < -0.4 is 19.7 Å². The quantitative estimate of drug-likeness (QED) is 0.839. The predicted octanol–water partition coefficient (Wildman–Crippen LogP) is 2.81. The molecule has 0 saturated carbocycles. The van der Waals surface area contributed by atoms with Crippen LogP contribution in [0.1, 0.15) is 16.7 Å². The fraction of sp³-hybridized carbons (Fsp3) is 0.364. The molecule has 0 aliphatic carbocycles. The van der Waals surface area contributed by atoms with E-state index in [-0.39, 0.29) is 6.03 Å². The highest BCUT2D eigenvalue weighted by molar-refractivity contribution is 6.14. The van der Waals surface area contributed by atoms with Gasteiger partial charge >= 0.3 is 6.03 Å². The van der Waals surface area contributed by atoms with Crippen molar-refractivity contribution in [3.05, 3.63) is 53.1 Å². The molecule has 2 aliphatic rings. The van der Waals surface area contributed by atoms with E-state index >= 15 is 0 Å². The molecule has 1 saturated heterocycles. The summed E-state index contributed by atoms with van der Waals surface area (Å²) in [5.74, 6) is 1.24. The first-order chi connectivity index (χ1) is 14.5. The normalized spacial score (nSPS) is 16.2. The van der Waals surface area contributed by atoms with Gasteiger partial charge in [0.25, 0.3) is 0 Å². The lowest BCUT2D eigenvalue weighted by Crippen LogP contribution is -2.48. The van der Waals surface area contributed by atoms with Crippen molar-refractivity contribution >= 4 is 17.4 Å². The number of methoxy groups -OCH3 is 2. The standard InChI is InChI=1S/C22H25FN4O3/c1-24-22(28)27-9-8-15-10-19(29-2)20(30-3)11-18(15)21(25-27)14-4-6-17(7-5-14)26-12-16(23)13-26/h4-7,10-11,16H,8-9,12-13H2,1-3H3,(H,24,28). The molecule has 4 rings (SSSR count). The number of hydrogen-bond donors (Lipinski definition) is 1. The van der Waals surface area contributed by atoms with E-state index in [4.69, 9.17) is 9.47 Å². The molecule has 0 aromatic heterocycles. The van der Waals surface area contributed by atoms with Crippen LogP contribution in [-0.4, -0.2) is 63.8 Å². The van der Waals surface area contributed by atoms with Crippen molar-refractivity contribution in [1.82, 2.24) is 10.3 Å². The Morgan fingerprint density at radius 1 is 1.13 bits per heavy atom. The lowest BCUT2D eigenvalue weighted by atomic mass is 9.95. The van der Waals surface area contributed by atoms with Crippen LogP contribution in [0.15, 0.2) is 41.5 Å². The van der Waals surface area contributed by atoms with Crippen molar-refractivity contribution in [2.75, 3.05) is 45.8 Å². The molecular formula is C22H25FN4O3. The summed E-state index contributed by atoms with van der Waals surface area (Å²) in [6.45, 7) is 1.28. The van der Waals surface area contributed by atoms with Gasteiger partial charge in [-0.05, 0) is 36.2 Å². The highest BCUT2D eigenvalue weighted by Crippen LogP contribution is 2.34. The minimum Gasteiger partial charge on any atom is -0.493 e. The van der Waals surface area contributed by atoms with Gasteiger partial charge in [-0.3, -0.25) is 0 Å². The van der Waals surface area contributed by atoms with E-state index in [9.17, 15) is 9.18 Å². The summed E-state index contributed by atoms with van der Waals surface area (Å²) in [7, 11) is 4.78. The highest BCUT2D eigenvalue weighted by Gasteiger charge is 2.27. The number of anilines is 1. The van der Waals surface area contributed by atoms with Crippen molar-refractivity contribution in [2.24, 2.45) is 5.10 Å². The van der Waals surface area contributed by atoms with Gasteiger partial charge in [-0.2, -0.15) is 5.10 Å². The minimum atomic E-state index is -0.758. The van der Waals surface area contributed by atoms with Crippen LogP contribution in [0.2, 0.25) is 0 Å². The number of fused-ring (bicyclic) bond motifs is 1. The van der Waals surface area contributed by atoms with Crippen molar-refractivity contribution in [3.8, 4) is 11.5 Å². The third-order valence-electron chi connectivity index (χ3n) is 5.47. The second-order valence-electron chi connectivity index (χ2n) is 7.29. The molecule has 0 radical (unpaired) electrons. The molecule has 2 heterocycles. The summed E-state index contributed by atoms with van der Waals surface area (Å²) >= 11 is 0. The number of benzene rings is 2. The molecule has 30 heavy (non-hydrogen) atoms. The van der Waals surface area contributed by atoms with Crippen LogP contribution in [0.25, 0.3) is 0 Å². The number of nitrogens with zero attached hydrogens (tertiary/aromatic N) is 3. The maximum Gasteiger partial charge on any atom is 0.337 e. The number of hydrogen-bond acceptors (Lipinski definition) is 5. The van der Waals surface area contributed by atoms with Gasteiger partial charge in [0.05, 0.1) is 39.6 Å². The molecule has 7 nitrogen and oxygen atoms in total. The SMILES string of the molecule is CNC(=O)N1CCc2cc(OC)c(OC)cc2C(c2ccc(N3CC(F)C3)cc2)=N1. The first kappa shape index (κ1) is 20.0. The lowest BCUT2D eigenvalue weighted by Gasteiger charge is -2.36. The third kappa shape index (κ3) is 3.65. The van der Waals surface area contributed by atoms with Crippen LogP contribution in [0.5, 0.6) is 11.5 Å². The zero-order valence-corrected chi connectivity index (χ0v) is 17.3. The highest BCUT2D eigenvalue weighted by atomic mass is 19.1. The first-order valence-electron chi connectivity index (χ1n) is 9.86. The maximum atomic E-state index is 13.2. The van der Waals surface area contributed by atoms with Gasteiger partial charge in [0.15, 0.2) is 11.5 Å². The number of amides is 2. The molecule has 0 bridgehead atoms. The minimum absolute atomic E-state index is 0.273. The molecule has 2 aromatic rings. The second kappa shape index (κ2) is 8.22. The number of halogens is 1. The lowest BCUT2D eigenvalue weighted by molar-refractivity contribution is 0.203. The summed E-state index contributed by atoms with van der Waals surface area (Å²) in [6.07, 6.45) is -0.133. The van der Waals surface area contributed by atoms with E-state index in [1.807, 2.05) is 41.3 Å². The zero-order chi connectivity index (χ0) is 21.3. The van der Waals surface area contributed by atoms with E-state index in [1.54, 1.807) is 21.3 Å². The van der Waals surface area contributed by atoms with E-state index in [0.717, 1.165) is 22.4 Å². The van der Waals surface area contributed by atoms with Gasteiger partial charge in [-0.25, -0.2) is 14.2 Å². The molecule has 1 N–H and O–H groups in total. The molecular weight excluding hydrogens is 387 g/mol. The Bertz CT molecular complexity index is 971. The van der Waals surface area contributed by atoms with Crippen molar-refractivity contribution in [3.63, 3.8) is 0 Å². The average molecular weight is 412 g/mol. The fourth-order valence-electron chi connectivity index (χ4n) is 3.75. The van der Waals surface area contributed by atoms with Gasteiger partial charge in [-0.1, -0.05) is 12.1 Å². The van der Waals surface area contributed by atoms with Crippen molar-refractivity contribution in [1.29, 1.82) is 0 Å². The van der Waals surface area contributed by atoms with Crippen LogP contribution in [0, 0.1) is 0 Å². The molecule has 0 spiro atoms. The smallest absolute Gasteiger partial charge is 0.337 e. The zero-order valence-electron chi connectivity index (χ0n) is 17.3. The average Bonchev–Trinajstić information content (AvgIpc) is 2.95. The summed E-state index contributed by atoms with van der Waals surface area (Å²) in [5.41, 5.74) is 4.41. The number of rotatable bonds is 4. The van der Waals surface area contributed by atoms with Gasteiger partial charge in [0, 0.05) is 23.9 Å². The summed E-state index contributed by atoms with van der Waals surface area (Å²) in [4.78, 5) is 14.3. The molecule has 2 amide bonds. The van der Waals surface area contributed by atoms with E-state index in [2.05, 4.69) is 10.4 Å². The molecule has 0 atom stereocenters. The number of hydrazone groups is 1. The number of alkyl halides is 1. The number of carbonyl (C=O) groups excluding carboxylic acids is 1. The summed E-state index contributed by atoms with van der Waals surface area (Å²) < 4.78 is 24.1. The topological polar surface area (TPSA) is 66.4 Å². The monoisotopic (exact) mass is 412 g/mol. The molecule has 8 heteroatoms.